The molecule has 57 heavy (non-hydrogen) atoms. The Morgan fingerprint density at radius 3 is 1.84 bits per heavy atom. The predicted octanol–water partition coefficient (Wildman–Crippen LogP) is 14.0. The molecule has 0 aliphatic carbocycles. The molecule has 0 bridgehead atoms. The lowest BCUT2D eigenvalue weighted by Gasteiger charge is -2.10. The van der Waals surface area contributed by atoms with Gasteiger partial charge in [0.25, 0.3) is 0 Å². The van der Waals surface area contributed by atoms with Gasteiger partial charge >= 0.3 is 0 Å². The Labute approximate surface area is 332 Å². The van der Waals surface area contributed by atoms with Crippen LogP contribution in [0.1, 0.15) is 0 Å². The number of para-hydroxylation sites is 2. The number of hydrogen-bond acceptors (Lipinski definition) is 3. The van der Waals surface area contributed by atoms with E-state index in [1.54, 1.807) is 11.3 Å². The summed E-state index contributed by atoms with van der Waals surface area (Å²) in [4.78, 5) is 12.0. The third-order valence-corrected chi connectivity index (χ3v) is 12.5. The summed E-state index contributed by atoms with van der Waals surface area (Å²) in [6.07, 6.45) is 0. The molecule has 5 heteroatoms. The molecular formula is C52H32N4S. The van der Waals surface area contributed by atoms with Gasteiger partial charge in [0.15, 0.2) is 0 Å². The molecule has 4 nitrogen and oxygen atoms in total. The van der Waals surface area contributed by atoms with Crippen molar-refractivity contribution in [2.24, 2.45) is 0 Å². The van der Waals surface area contributed by atoms with Crippen LogP contribution in [0, 0.1) is 0 Å². The van der Waals surface area contributed by atoms with E-state index in [2.05, 4.69) is 203 Å². The first-order valence-electron chi connectivity index (χ1n) is 19.2. The first kappa shape index (κ1) is 32.0. The standard InChI is InChI=1S/C52H32N4S/c1-4-15-34(16-5-1)48-32-43-51(57-48)50(35-17-6-2-7-18-35)54-52(53-43)56-45-28-26-36(30-42(45)49-39-21-11-10-14-33(39)25-29-46(49)56)37-24-27-41-40-22-12-13-23-44(40)55(47(41)31-37)38-19-8-3-9-20-38/h1-32H. The summed E-state index contributed by atoms with van der Waals surface area (Å²) in [7, 11) is 0. The van der Waals surface area contributed by atoms with E-state index < -0.39 is 0 Å². The fourth-order valence-electron chi connectivity index (χ4n) is 8.74. The Bertz CT molecular complexity index is 3510. The van der Waals surface area contributed by atoms with Gasteiger partial charge in [-0.15, -0.1) is 11.3 Å². The molecule has 4 heterocycles. The molecule has 12 rings (SSSR count). The Balaban J connectivity index is 1.12. The van der Waals surface area contributed by atoms with Gasteiger partial charge in [-0.05, 0) is 76.0 Å². The highest BCUT2D eigenvalue weighted by Gasteiger charge is 2.21. The number of aromatic nitrogens is 4. The number of thiophene rings is 1. The quantitative estimate of drug-likeness (QED) is 0.176. The minimum Gasteiger partial charge on any atom is -0.309 e. The molecule has 0 fully saturated rings. The van der Waals surface area contributed by atoms with Crippen molar-refractivity contribution >= 4 is 75.9 Å². The Morgan fingerprint density at radius 1 is 0.386 bits per heavy atom. The largest absolute Gasteiger partial charge is 0.309 e. The molecule has 8 aromatic carbocycles. The van der Waals surface area contributed by atoms with E-state index >= 15 is 0 Å². The zero-order chi connectivity index (χ0) is 37.5. The van der Waals surface area contributed by atoms with Crippen LogP contribution in [0.15, 0.2) is 194 Å². The molecular weight excluding hydrogens is 713 g/mol. The minimum absolute atomic E-state index is 0.663. The molecule has 0 radical (unpaired) electrons. The highest BCUT2D eigenvalue weighted by atomic mass is 32.1. The summed E-state index contributed by atoms with van der Waals surface area (Å²) in [6.45, 7) is 0. The number of rotatable bonds is 5. The molecule has 0 saturated heterocycles. The molecule has 266 valence electrons. The van der Waals surface area contributed by atoms with E-state index in [1.165, 1.54) is 59.4 Å². The van der Waals surface area contributed by atoms with E-state index in [0.717, 1.165) is 43.8 Å². The topological polar surface area (TPSA) is 35.6 Å². The zero-order valence-corrected chi connectivity index (χ0v) is 31.5. The van der Waals surface area contributed by atoms with Gasteiger partial charge in [-0.25, -0.2) is 9.97 Å². The van der Waals surface area contributed by atoms with Crippen LogP contribution < -0.4 is 0 Å². The van der Waals surface area contributed by atoms with E-state index in [1.807, 2.05) is 0 Å². The fourth-order valence-corrected chi connectivity index (χ4v) is 9.86. The maximum absolute atomic E-state index is 5.43. The first-order valence-corrected chi connectivity index (χ1v) is 20.1. The van der Waals surface area contributed by atoms with Crippen molar-refractivity contribution in [2.75, 3.05) is 0 Å². The van der Waals surface area contributed by atoms with E-state index in [0.29, 0.717) is 5.95 Å². The fraction of sp³-hybridized carbons (Fsp3) is 0. The number of benzene rings is 8. The van der Waals surface area contributed by atoms with E-state index in [9.17, 15) is 0 Å². The molecule has 0 saturated carbocycles. The summed E-state index contributed by atoms with van der Waals surface area (Å²) in [5.74, 6) is 0.663. The third kappa shape index (κ3) is 4.99. The van der Waals surface area contributed by atoms with Crippen LogP contribution in [0.2, 0.25) is 0 Å². The second kappa shape index (κ2) is 12.6. The lowest BCUT2D eigenvalue weighted by atomic mass is 9.99. The Kier molecular flexibility index (Phi) is 7.06. The molecule has 0 spiro atoms. The molecule has 0 atom stereocenters. The van der Waals surface area contributed by atoms with E-state index in [-0.39, 0.29) is 0 Å². The van der Waals surface area contributed by atoms with Crippen LogP contribution in [0.5, 0.6) is 0 Å². The third-order valence-electron chi connectivity index (χ3n) is 11.3. The highest BCUT2D eigenvalue weighted by Crippen LogP contribution is 2.42. The van der Waals surface area contributed by atoms with Gasteiger partial charge in [0.1, 0.15) is 0 Å². The van der Waals surface area contributed by atoms with Crippen molar-refractivity contribution in [1.82, 2.24) is 19.1 Å². The SMILES string of the molecule is c1ccc(-c2cc3nc(-n4c5ccc(-c6ccc7c8ccccc8n(-c8ccccc8)c7c6)cc5c5c6ccccc6ccc54)nc(-c4ccccc4)c3s2)cc1. The molecule has 0 unspecified atom stereocenters. The van der Waals surface area contributed by atoms with Gasteiger partial charge in [0.05, 0.1) is 38.0 Å². The second-order valence-electron chi connectivity index (χ2n) is 14.6. The maximum atomic E-state index is 5.43. The molecule has 0 N–H and O–H groups in total. The van der Waals surface area contributed by atoms with Crippen molar-refractivity contribution in [1.29, 1.82) is 0 Å². The molecule has 0 aliphatic heterocycles. The van der Waals surface area contributed by atoms with Crippen LogP contribution in [0.4, 0.5) is 0 Å². The predicted molar refractivity (Wildman–Crippen MR) is 240 cm³/mol. The summed E-state index contributed by atoms with van der Waals surface area (Å²) < 4.78 is 5.74. The number of hydrogen-bond donors (Lipinski definition) is 0. The maximum Gasteiger partial charge on any atom is 0.235 e. The lowest BCUT2D eigenvalue weighted by molar-refractivity contribution is 1.02. The highest BCUT2D eigenvalue weighted by molar-refractivity contribution is 7.22. The Hall–Kier alpha value is -7.34. The van der Waals surface area contributed by atoms with Crippen molar-refractivity contribution in [3.8, 4) is 44.5 Å². The Morgan fingerprint density at radius 2 is 1.02 bits per heavy atom. The average molecular weight is 745 g/mol. The second-order valence-corrected chi connectivity index (χ2v) is 15.6. The molecule has 0 amide bonds. The van der Waals surface area contributed by atoms with Gasteiger partial charge in [-0.1, -0.05) is 146 Å². The van der Waals surface area contributed by atoms with Crippen LogP contribution in [0.3, 0.4) is 0 Å². The van der Waals surface area contributed by atoms with Crippen LogP contribution in [-0.2, 0) is 0 Å². The summed E-state index contributed by atoms with van der Waals surface area (Å²) in [6, 6.07) is 69.6. The zero-order valence-electron chi connectivity index (χ0n) is 30.7. The van der Waals surface area contributed by atoms with Crippen LogP contribution in [-0.4, -0.2) is 19.1 Å². The normalized spacial score (nSPS) is 11.9. The van der Waals surface area contributed by atoms with Crippen molar-refractivity contribution < 1.29 is 0 Å². The molecule has 4 aromatic heterocycles. The van der Waals surface area contributed by atoms with E-state index in [4.69, 9.17) is 9.97 Å². The smallest absolute Gasteiger partial charge is 0.235 e. The number of nitrogens with zero attached hydrogens (tertiary/aromatic N) is 4. The summed E-state index contributed by atoms with van der Waals surface area (Å²) in [5, 5.41) is 7.28. The minimum atomic E-state index is 0.663. The van der Waals surface area contributed by atoms with Gasteiger partial charge in [-0.2, -0.15) is 0 Å². The van der Waals surface area contributed by atoms with Crippen LogP contribution in [0.25, 0.3) is 109 Å². The summed E-state index contributed by atoms with van der Waals surface area (Å²) in [5.41, 5.74) is 12.2. The van der Waals surface area contributed by atoms with Crippen LogP contribution >= 0.6 is 11.3 Å². The van der Waals surface area contributed by atoms with Gasteiger partial charge in [0, 0.05) is 37.7 Å². The average Bonchev–Trinajstić information content (AvgIpc) is 3.97. The molecule has 0 aliphatic rings. The van der Waals surface area contributed by atoms with Crippen molar-refractivity contribution in [2.45, 2.75) is 0 Å². The number of fused-ring (bicyclic) bond motifs is 9. The van der Waals surface area contributed by atoms with Gasteiger partial charge in [0.2, 0.25) is 5.95 Å². The first-order chi connectivity index (χ1) is 28.3. The van der Waals surface area contributed by atoms with Gasteiger partial charge < -0.3 is 4.57 Å². The van der Waals surface area contributed by atoms with Gasteiger partial charge in [-0.3, -0.25) is 4.57 Å². The summed E-state index contributed by atoms with van der Waals surface area (Å²) >= 11 is 1.75. The van der Waals surface area contributed by atoms with Crippen molar-refractivity contribution in [3.05, 3.63) is 194 Å². The monoisotopic (exact) mass is 744 g/mol. The molecule has 12 aromatic rings. The lowest BCUT2D eigenvalue weighted by Crippen LogP contribution is -2.02. The van der Waals surface area contributed by atoms with Crippen molar-refractivity contribution in [3.63, 3.8) is 0 Å².